The fraction of sp³-hybridized carbons (Fsp3) is 0.567. The number of hydrazine groups is 2. The van der Waals surface area contributed by atoms with Crippen molar-refractivity contribution in [3.8, 4) is 11.5 Å². The Bertz CT molecular complexity index is 3050. The van der Waals surface area contributed by atoms with Crippen molar-refractivity contribution in [1.82, 2.24) is 26.0 Å². The number of hydrogen-bond donors (Lipinski definition) is 7. The summed E-state index contributed by atoms with van der Waals surface area (Å²) in [6.07, 6.45) is 1.68. The number of nitrogens with zero attached hydrogens (tertiary/aromatic N) is 4. The maximum absolute atomic E-state index is 15.0. The zero-order valence-electron chi connectivity index (χ0n) is 48.2. The molecule has 2 amide bonds. The van der Waals surface area contributed by atoms with Gasteiger partial charge in [0.05, 0.1) is 64.0 Å². The van der Waals surface area contributed by atoms with Gasteiger partial charge in [0, 0.05) is 86.9 Å². The van der Waals surface area contributed by atoms with E-state index >= 15 is 4.79 Å². The van der Waals surface area contributed by atoms with Gasteiger partial charge in [-0.1, -0.05) is 66.7 Å². The predicted octanol–water partition coefficient (Wildman–Crippen LogP) is 7.36. The third kappa shape index (κ3) is 11.4. The van der Waals surface area contributed by atoms with E-state index in [2.05, 4.69) is 40.3 Å². The fourth-order valence-corrected chi connectivity index (χ4v) is 12.7. The van der Waals surface area contributed by atoms with E-state index in [1.54, 1.807) is 55.8 Å². The minimum Gasteiger partial charge on any atom is -0.507 e. The second kappa shape index (κ2) is 23.1. The number of anilines is 2. The van der Waals surface area contributed by atoms with E-state index in [1.165, 1.54) is 32.3 Å². The van der Waals surface area contributed by atoms with Gasteiger partial charge in [0.1, 0.15) is 35.4 Å². The molecule has 0 saturated carbocycles. The van der Waals surface area contributed by atoms with Gasteiger partial charge in [-0.15, -0.1) is 5.53 Å². The van der Waals surface area contributed by atoms with Gasteiger partial charge >= 0.3 is 17.9 Å². The summed E-state index contributed by atoms with van der Waals surface area (Å²) in [7, 11) is 0. The molecule has 2 fully saturated rings. The van der Waals surface area contributed by atoms with Crippen LogP contribution in [0.5, 0.6) is 11.5 Å². The Morgan fingerprint density at radius 2 is 1.62 bits per heavy atom. The van der Waals surface area contributed by atoms with E-state index in [9.17, 15) is 47.7 Å². The lowest BCUT2D eigenvalue weighted by molar-refractivity contribution is -0.164. The highest BCUT2D eigenvalue weighted by atomic mass is 19.4. The Morgan fingerprint density at radius 3 is 2.28 bits per heavy atom. The van der Waals surface area contributed by atoms with Crippen molar-refractivity contribution in [1.29, 1.82) is 0 Å². The van der Waals surface area contributed by atoms with Crippen LogP contribution in [0.2, 0.25) is 0 Å². The highest BCUT2D eigenvalue weighted by Crippen LogP contribution is 2.51. The van der Waals surface area contributed by atoms with Gasteiger partial charge in [-0.3, -0.25) is 34.0 Å². The Labute approximate surface area is 476 Å². The monoisotopic (exact) mass is 1140 g/mol. The molecule has 19 nitrogen and oxygen atoms in total. The third-order valence-electron chi connectivity index (χ3n) is 17.7. The number of aliphatic hydroxyl groups is 2. The van der Waals surface area contributed by atoms with E-state index < -0.39 is 113 Å². The molecule has 1 aliphatic carbocycles. The van der Waals surface area contributed by atoms with Crippen LogP contribution in [0.25, 0.3) is 0 Å². The molecular formula is C60H77F3N8O11. The van der Waals surface area contributed by atoms with Crippen molar-refractivity contribution < 1.29 is 66.7 Å². The van der Waals surface area contributed by atoms with Gasteiger partial charge in [-0.25, -0.2) is 0 Å². The van der Waals surface area contributed by atoms with Crippen molar-refractivity contribution in [2.24, 2.45) is 40.5 Å². The number of Topliss-reactive ketones (excluding diaryl/α,β-unsaturated/α-hetero) is 2. The number of phenols is 1. The number of esters is 1. The first kappa shape index (κ1) is 59.9. The number of carbonyl (C=O) groups excluding carboxylic acids is 5. The molecule has 1 spiro atoms. The van der Waals surface area contributed by atoms with Crippen molar-refractivity contribution in [3.63, 3.8) is 0 Å². The van der Waals surface area contributed by atoms with Crippen LogP contribution >= 0.6 is 0 Å². The zero-order chi connectivity index (χ0) is 59.5. The molecule has 0 unspecified atom stereocenters. The average Bonchev–Trinajstić information content (AvgIpc) is 4.24. The number of hydrogen-bond acceptors (Lipinski definition) is 17. The molecule has 82 heavy (non-hydrogen) atoms. The largest absolute Gasteiger partial charge is 0.507 e. The molecule has 0 aromatic heterocycles. The Balaban J connectivity index is 0.992. The zero-order valence-corrected chi connectivity index (χ0v) is 48.2. The summed E-state index contributed by atoms with van der Waals surface area (Å²) in [4.78, 5) is 81.0. The SMILES string of the molecule is CC[C@H]1/C=C/O[C@@]2(C)Oc3c(C)c(O)c4c(c3C2=O)C2=NC3(CCN(CC(C)C)CC3)NC2=C(NC(=O)/C(C)=C\C=C\[C@H](C)[C@H](O)[C@@H](C)[C@@H](O)[C@@H](C)[C@H](OC(=O)CC(=O)N2CCC(N3NNc5cc(C(F)(F)F)ccc53)CC2)[C@@H]1C)C4=O. The molecular weight excluding hydrogens is 1070 g/mol. The number of aromatic hydroxyl groups is 1. The molecule has 22 heteroatoms. The number of ether oxygens (including phenoxy) is 3. The molecule has 2 aromatic rings. The summed E-state index contributed by atoms with van der Waals surface area (Å²) in [5, 5.41) is 43.9. The first-order chi connectivity index (χ1) is 38.7. The summed E-state index contributed by atoms with van der Waals surface area (Å²) < 4.78 is 59.1. The number of nitrogens with one attached hydrogen (secondary N) is 4. The highest BCUT2D eigenvalue weighted by Gasteiger charge is 2.55. The lowest BCUT2D eigenvalue weighted by Gasteiger charge is -2.39. The Kier molecular flexibility index (Phi) is 16.9. The number of piperidine rings is 2. The van der Waals surface area contributed by atoms with Gasteiger partial charge in [0.25, 0.3) is 11.7 Å². The number of fused-ring (bicyclic) bond motifs is 14. The molecule has 8 aliphatic rings. The number of amides is 2. The van der Waals surface area contributed by atoms with Crippen molar-refractivity contribution >= 4 is 46.4 Å². The molecule has 7 N–H and O–H groups in total. The minimum atomic E-state index is -4.51. The summed E-state index contributed by atoms with van der Waals surface area (Å²) in [5.74, 6) is -8.62. The minimum absolute atomic E-state index is 0.000529. The van der Waals surface area contributed by atoms with Gasteiger partial charge in [-0.05, 0) is 75.1 Å². The number of benzene rings is 2. The molecule has 2 saturated heterocycles. The Hall–Kier alpha value is -6.75. The predicted molar refractivity (Wildman–Crippen MR) is 299 cm³/mol. The summed E-state index contributed by atoms with van der Waals surface area (Å²) in [5.41, 5.74) is 5.29. The van der Waals surface area contributed by atoms with Crippen LogP contribution in [-0.4, -0.2) is 129 Å². The number of carbonyl (C=O) groups is 5. The lowest BCUT2D eigenvalue weighted by Crippen LogP contribution is -2.51. The van der Waals surface area contributed by atoms with E-state index in [4.69, 9.17) is 19.2 Å². The molecule has 10 rings (SSSR count). The topological polar surface area (TPSA) is 244 Å². The van der Waals surface area contributed by atoms with Crippen LogP contribution in [0.1, 0.15) is 138 Å². The number of phenolic OH excluding ortho intramolecular Hbond substituents is 1. The van der Waals surface area contributed by atoms with Crippen LogP contribution in [0.15, 0.2) is 70.7 Å². The smallest absolute Gasteiger partial charge is 0.416 e. The van der Waals surface area contributed by atoms with Crippen LogP contribution in [0, 0.1) is 42.4 Å². The van der Waals surface area contributed by atoms with Crippen LogP contribution in [-0.2, 0) is 30.0 Å². The number of rotatable bonds is 7. The molecule has 2 aromatic carbocycles. The van der Waals surface area contributed by atoms with Crippen LogP contribution in [0.3, 0.4) is 0 Å². The van der Waals surface area contributed by atoms with E-state index in [0.29, 0.717) is 56.8 Å². The van der Waals surface area contributed by atoms with Crippen LogP contribution < -0.4 is 31.3 Å². The normalized spacial score (nSPS) is 30.4. The van der Waals surface area contributed by atoms with Crippen molar-refractivity contribution in [2.75, 3.05) is 43.2 Å². The second-order valence-electron chi connectivity index (χ2n) is 23.9. The van der Waals surface area contributed by atoms with E-state index in [1.807, 2.05) is 13.8 Å². The molecule has 7 aliphatic heterocycles. The number of halogens is 3. The third-order valence-corrected chi connectivity index (χ3v) is 17.7. The second-order valence-corrected chi connectivity index (χ2v) is 23.9. The molecule has 7 heterocycles. The van der Waals surface area contributed by atoms with Gasteiger partial charge in [0.15, 0.2) is 0 Å². The Morgan fingerprint density at radius 1 is 0.927 bits per heavy atom. The van der Waals surface area contributed by atoms with Gasteiger partial charge < -0.3 is 55.4 Å². The number of ketones is 2. The first-order valence-electron chi connectivity index (χ1n) is 28.6. The maximum atomic E-state index is 15.0. The molecule has 9 atom stereocenters. The molecule has 5 bridgehead atoms. The number of allylic oxidation sites excluding steroid dienone is 5. The van der Waals surface area contributed by atoms with Gasteiger partial charge in [0.2, 0.25) is 11.7 Å². The standard InChI is InChI=1S/C60H77F3N8O11/c1-11-37-19-26-80-58(10)56(78)46-44-45(52(76)36(9)55(46)82-58)53(77)49(48-47(44)65-59(66-48)20-24-69(25-21-59)29-30(2)3)64-57(79)32(5)14-12-13-31(4)50(74)34(7)51(75)35(8)54(33(37)6)81-43(73)28-42(72)70-22-17-39(18-23-70)71-41-16-15-38(60(61,62)63)27-40(41)67-68-71/h12-16,19,26-27,30-31,33-35,37,39,50-51,54,66-68,74-76H,11,17-18,20-25,28-29H2,1-10H3,(H,64,79)/b13-12+,26-19+,32-14-/t31-,33+,34+,35+,37-,50-,51+,54+,58-/m0/s1. The van der Waals surface area contributed by atoms with Crippen molar-refractivity contribution in [2.45, 2.75) is 150 Å². The van der Waals surface area contributed by atoms with E-state index in [-0.39, 0.29) is 75.5 Å². The first-order valence-corrected chi connectivity index (χ1v) is 28.6. The summed E-state index contributed by atoms with van der Waals surface area (Å²) in [6, 6.07) is 3.26. The number of likely N-dealkylation sites (tertiary alicyclic amines) is 2. The lowest BCUT2D eigenvalue weighted by atomic mass is 9.76. The summed E-state index contributed by atoms with van der Waals surface area (Å²) >= 11 is 0. The molecule has 0 radical (unpaired) electrons. The summed E-state index contributed by atoms with van der Waals surface area (Å²) in [6.45, 7) is 20.5. The highest BCUT2D eigenvalue weighted by molar-refractivity contribution is 6.34. The number of alkyl halides is 3. The van der Waals surface area contributed by atoms with Crippen LogP contribution in [0.4, 0.5) is 24.5 Å². The quantitative estimate of drug-likeness (QED) is 0.106. The number of aliphatic hydroxyl groups excluding tert-OH is 2. The van der Waals surface area contributed by atoms with Crippen molar-refractivity contribution in [3.05, 3.63) is 93.5 Å². The maximum Gasteiger partial charge on any atom is 0.416 e. The number of aliphatic imine (C=N–C) groups is 1. The average molecular weight is 1140 g/mol. The van der Waals surface area contributed by atoms with Gasteiger partial charge in [-0.2, -0.15) is 13.2 Å². The molecule has 444 valence electrons. The van der Waals surface area contributed by atoms with E-state index in [0.717, 1.165) is 18.7 Å². The fourth-order valence-electron chi connectivity index (χ4n) is 12.7.